The SMILES string of the molecule is Cc1onc(-c2ccccc2)c1C(=O)OCC(=O)Nc1c(F)cccc1F. The molecule has 0 aliphatic heterocycles. The predicted molar refractivity (Wildman–Crippen MR) is 91.9 cm³/mol. The van der Waals surface area contributed by atoms with Gasteiger partial charge in [0.25, 0.3) is 5.91 Å². The fourth-order valence-corrected chi connectivity index (χ4v) is 2.40. The Labute approximate surface area is 152 Å². The summed E-state index contributed by atoms with van der Waals surface area (Å²) in [6.07, 6.45) is 0. The number of rotatable bonds is 5. The van der Waals surface area contributed by atoms with Gasteiger partial charge in [-0.25, -0.2) is 13.6 Å². The average molecular weight is 372 g/mol. The molecule has 1 aromatic heterocycles. The van der Waals surface area contributed by atoms with Gasteiger partial charge in [-0.2, -0.15) is 0 Å². The molecule has 0 saturated carbocycles. The minimum Gasteiger partial charge on any atom is -0.452 e. The van der Waals surface area contributed by atoms with Crippen molar-refractivity contribution in [3.63, 3.8) is 0 Å². The second-order valence-corrected chi connectivity index (χ2v) is 5.55. The third kappa shape index (κ3) is 4.00. The zero-order valence-corrected chi connectivity index (χ0v) is 14.2. The van der Waals surface area contributed by atoms with Gasteiger partial charge < -0.3 is 14.6 Å². The van der Waals surface area contributed by atoms with Gasteiger partial charge in [0, 0.05) is 5.56 Å². The van der Waals surface area contributed by atoms with Gasteiger partial charge in [0.2, 0.25) is 0 Å². The van der Waals surface area contributed by atoms with Crippen molar-refractivity contribution >= 4 is 17.6 Å². The van der Waals surface area contributed by atoms with E-state index in [0.717, 1.165) is 12.1 Å². The first-order valence-electron chi connectivity index (χ1n) is 7.90. The normalized spacial score (nSPS) is 10.5. The van der Waals surface area contributed by atoms with Crippen molar-refractivity contribution in [1.82, 2.24) is 5.16 Å². The summed E-state index contributed by atoms with van der Waals surface area (Å²) in [6, 6.07) is 12.0. The van der Waals surface area contributed by atoms with E-state index < -0.39 is 35.8 Å². The smallest absolute Gasteiger partial charge is 0.344 e. The largest absolute Gasteiger partial charge is 0.452 e. The molecule has 138 valence electrons. The fraction of sp³-hybridized carbons (Fsp3) is 0.105. The molecule has 0 aliphatic carbocycles. The molecule has 2 aromatic carbocycles. The number of carbonyl (C=O) groups is 2. The molecule has 1 heterocycles. The Morgan fingerprint density at radius 2 is 1.74 bits per heavy atom. The lowest BCUT2D eigenvalue weighted by Gasteiger charge is -2.08. The zero-order valence-electron chi connectivity index (χ0n) is 14.2. The minimum atomic E-state index is -0.934. The van der Waals surface area contributed by atoms with E-state index in [-0.39, 0.29) is 17.0 Å². The zero-order chi connectivity index (χ0) is 19.4. The highest BCUT2D eigenvalue weighted by Crippen LogP contribution is 2.25. The summed E-state index contributed by atoms with van der Waals surface area (Å²) in [6.45, 7) is 0.802. The number of amides is 1. The van der Waals surface area contributed by atoms with Crippen LogP contribution in [0.3, 0.4) is 0 Å². The number of ether oxygens (including phenoxy) is 1. The number of esters is 1. The first-order valence-corrected chi connectivity index (χ1v) is 7.90. The van der Waals surface area contributed by atoms with Crippen molar-refractivity contribution in [2.24, 2.45) is 0 Å². The van der Waals surface area contributed by atoms with Gasteiger partial charge in [0.1, 0.15) is 34.3 Å². The third-order valence-corrected chi connectivity index (χ3v) is 3.68. The Morgan fingerprint density at radius 3 is 2.41 bits per heavy atom. The van der Waals surface area contributed by atoms with Gasteiger partial charge >= 0.3 is 5.97 Å². The summed E-state index contributed by atoms with van der Waals surface area (Å²) in [4.78, 5) is 24.2. The molecule has 0 radical (unpaired) electrons. The van der Waals surface area contributed by atoms with E-state index in [9.17, 15) is 18.4 Å². The van der Waals surface area contributed by atoms with E-state index in [1.54, 1.807) is 30.3 Å². The maximum Gasteiger partial charge on any atom is 0.344 e. The van der Waals surface area contributed by atoms with Crippen molar-refractivity contribution in [2.45, 2.75) is 6.92 Å². The van der Waals surface area contributed by atoms with E-state index in [0.29, 0.717) is 5.56 Å². The first kappa shape index (κ1) is 18.2. The van der Waals surface area contributed by atoms with Crippen LogP contribution in [0.15, 0.2) is 53.1 Å². The minimum absolute atomic E-state index is 0.0751. The standard InChI is InChI=1S/C19H14F2N2O4/c1-11-16(17(23-27-11)12-6-3-2-4-7-12)19(25)26-10-15(24)22-18-13(20)8-5-9-14(18)21/h2-9H,10H2,1H3,(H,22,24). The van der Waals surface area contributed by atoms with E-state index in [1.807, 2.05) is 5.32 Å². The summed E-state index contributed by atoms with van der Waals surface area (Å²) in [7, 11) is 0. The van der Waals surface area contributed by atoms with Crippen LogP contribution in [-0.2, 0) is 9.53 Å². The molecule has 0 saturated heterocycles. The maximum atomic E-state index is 13.5. The van der Waals surface area contributed by atoms with Crippen molar-refractivity contribution in [2.75, 3.05) is 11.9 Å². The van der Waals surface area contributed by atoms with Gasteiger partial charge in [-0.1, -0.05) is 41.6 Å². The van der Waals surface area contributed by atoms with Crippen LogP contribution in [0.2, 0.25) is 0 Å². The van der Waals surface area contributed by atoms with Crippen LogP contribution >= 0.6 is 0 Å². The van der Waals surface area contributed by atoms with Gasteiger partial charge in [0.15, 0.2) is 6.61 Å². The molecule has 0 fully saturated rings. The van der Waals surface area contributed by atoms with Crippen molar-refractivity contribution in [1.29, 1.82) is 0 Å². The number of para-hydroxylation sites is 1. The molecule has 6 nitrogen and oxygen atoms in total. The van der Waals surface area contributed by atoms with Crippen LogP contribution in [0.1, 0.15) is 16.1 Å². The van der Waals surface area contributed by atoms with E-state index in [1.165, 1.54) is 13.0 Å². The lowest BCUT2D eigenvalue weighted by Crippen LogP contribution is -2.22. The first-order chi connectivity index (χ1) is 13.0. The molecule has 0 aliphatic rings. The Hall–Kier alpha value is -3.55. The highest BCUT2D eigenvalue weighted by molar-refractivity contribution is 5.99. The average Bonchev–Trinajstić information content (AvgIpc) is 3.05. The van der Waals surface area contributed by atoms with Gasteiger partial charge in [-0.3, -0.25) is 4.79 Å². The molecule has 27 heavy (non-hydrogen) atoms. The molecule has 8 heteroatoms. The lowest BCUT2D eigenvalue weighted by molar-refractivity contribution is -0.119. The van der Waals surface area contributed by atoms with E-state index in [2.05, 4.69) is 5.16 Å². The summed E-state index contributed by atoms with van der Waals surface area (Å²) in [5.41, 5.74) is 0.383. The molecule has 1 amide bonds. The topological polar surface area (TPSA) is 81.4 Å². The third-order valence-electron chi connectivity index (χ3n) is 3.68. The molecule has 3 rings (SSSR count). The molecule has 0 spiro atoms. The van der Waals surface area contributed by atoms with Crippen LogP contribution in [0.25, 0.3) is 11.3 Å². The van der Waals surface area contributed by atoms with Crippen LogP contribution in [0, 0.1) is 18.6 Å². The summed E-state index contributed by atoms with van der Waals surface area (Å²) in [5, 5.41) is 5.88. The van der Waals surface area contributed by atoms with Crippen LogP contribution < -0.4 is 5.32 Å². The fourth-order valence-electron chi connectivity index (χ4n) is 2.40. The second kappa shape index (κ2) is 7.77. The Kier molecular flexibility index (Phi) is 5.25. The van der Waals surface area contributed by atoms with E-state index in [4.69, 9.17) is 9.26 Å². The van der Waals surface area contributed by atoms with Gasteiger partial charge in [-0.15, -0.1) is 0 Å². The molecule has 0 bridgehead atoms. The Bertz CT molecular complexity index is 966. The number of hydrogen-bond acceptors (Lipinski definition) is 5. The summed E-state index contributed by atoms with van der Waals surface area (Å²) >= 11 is 0. The number of nitrogens with one attached hydrogen (secondary N) is 1. The summed E-state index contributed by atoms with van der Waals surface area (Å²) in [5.74, 6) is -3.37. The van der Waals surface area contributed by atoms with Gasteiger partial charge in [0.05, 0.1) is 0 Å². The van der Waals surface area contributed by atoms with Crippen molar-refractivity contribution in [3.05, 3.63) is 71.5 Å². The number of nitrogens with zero attached hydrogens (tertiary/aromatic N) is 1. The molecule has 3 aromatic rings. The number of benzene rings is 2. The maximum absolute atomic E-state index is 13.5. The lowest BCUT2D eigenvalue weighted by atomic mass is 10.1. The quantitative estimate of drug-likeness (QED) is 0.691. The highest BCUT2D eigenvalue weighted by Gasteiger charge is 2.24. The number of halogens is 2. The predicted octanol–water partition coefficient (Wildman–Crippen LogP) is 3.72. The molecular weight excluding hydrogens is 358 g/mol. The van der Waals surface area contributed by atoms with Gasteiger partial charge in [-0.05, 0) is 19.1 Å². The molecule has 0 atom stereocenters. The van der Waals surface area contributed by atoms with Crippen LogP contribution in [-0.4, -0.2) is 23.6 Å². The molecular formula is C19H14F2N2O4. The molecule has 1 N–H and O–H groups in total. The second-order valence-electron chi connectivity index (χ2n) is 5.55. The van der Waals surface area contributed by atoms with Crippen molar-refractivity contribution in [3.8, 4) is 11.3 Å². The number of carbonyl (C=O) groups excluding carboxylic acids is 2. The number of aryl methyl sites for hydroxylation is 1. The Balaban J connectivity index is 1.70. The number of anilines is 1. The monoisotopic (exact) mass is 372 g/mol. The van der Waals surface area contributed by atoms with E-state index >= 15 is 0 Å². The molecule has 0 unspecified atom stereocenters. The number of aromatic nitrogens is 1. The number of hydrogen-bond donors (Lipinski definition) is 1. The Morgan fingerprint density at radius 1 is 1.07 bits per heavy atom. The van der Waals surface area contributed by atoms with Crippen LogP contribution in [0.5, 0.6) is 0 Å². The highest BCUT2D eigenvalue weighted by atomic mass is 19.1. The summed E-state index contributed by atoms with van der Waals surface area (Å²) < 4.78 is 37.1. The van der Waals surface area contributed by atoms with Crippen molar-refractivity contribution < 1.29 is 27.6 Å². The van der Waals surface area contributed by atoms with Crippen LogP contribution in [0.4, 0.5) is 14.5 Å².